The second-order valence-corrected chi connectivity index (χ2v) is 6.97. The van der Waals surface area contributed by atoms with Crippen molar-refractivity contribution in [2.24, 2.45) is 0 Å². The van der Waals surface area contributed by atoms with Crippen molar-refractivity contribution < 1.29 is 13.9 Å². The number of aromatic amines is 1. The van der Waals surface area contributed by atoms with Crippen LogP contribution in [0.5, 0.6) is 11.5 Å². The SMILES string of the molecule is COc1cc2c(Nc3ccc(Br)cc3F)ncnc2cc1OCCc1c[nH]nn1. The zero-order valence-electron chi connectivity index (χ0n) is 15.3. The Balaban J connectivity index is 1.62. The van der Waals surface area contributed by atoms with Gasteiger partial charge in [-0.3, -0.25) is 5.10 Å². The predicted octanol–water partition coefficient (Wildman–Crippen LogP) is 4.02. The Hall–Kier alpha value is -3.27. The van der Waals surface area contributed by atoms with E-state index in [9.17, 15) is 4.39 Å². The first-order valence-corrected chi connectivity index (χ1v) is 9.46. The lowest BCUT2D eigenvalue weighted by Crippen LogP contribution is -2.04. The average molecular weight is 459 g/mol. The zero-order valence-corrected chi connectivity index (χ0v) is 16.9. The molecule has 2 heterocycles. The first kappa shape index (κ1) is 19.1. The van der Waals surface area contributed by atoms with Gasteiger partial charge in [0.15, 0.2) is 11.5 Å². The Morgan fingerprint density at radius 3 is 2.83 bits per heavy atom. The Morgan fingerprint density at radius 1 is 1.17 bits per heavy atom. The van der Waals surface area contributed by atoms with E-state index >= 15 is 0 Å². The molecular formula is C19H16BrFN6O2. The molecule has 0 amide bonds. The van der Waals surface area contributed by atoms with E-state index in [1.54, 1.807) is 37.6 Å². The van der Waals surface area contributed by atoms with E-state index in [1.807, 2.05) is 0 Å². The van der Waals surface area contributed by atoms with Crippen molar-refractivity contribution in [3.8, 4) is 11.5 Å². The summed E-state index contributed by atoms with van der Waals surface area (Å²) in [6.07, 6.45) is 3.72. The normalized spacial score (nSPS) is 10.9. The summed E-state index contributed by atoms with van der Waals surface area (Å²) < 4.78 is 26.2. The van der Waals surface area contributed by atoms with E-state index in [4.69, 9.17) is 9.47 Å². The summed E-state index contributed by atoms with van der Waals surface area (Å²) in [7, 11) is 1.55. The highest BCUT2D eigenvalue weighted by Gasteiger charge is 2.13. The molecule has 148 valence electrons. The molecule has 0 bridgehead atoms. The smallest absolute Gasteiger partial charge is 0.163 e. The van der Waals surface area contributed by atoms with Crippen molar-refractivity contribution in [2.45, 2.75) is 6.42 Å². The van der Waals surface area contributed by atoms with Gasteiger partial charge < -0.3 is 14.8 Å². The van der Waals surface area contributed by atoms with Gasteiger partial charge in [0.25, 0.3) is 0 Å². The van der Waals surface area contributed by atoms with Gasteiger partial charge in [-0.1, -0.05) is 21.1 Å². The number of aromatic nitrogens is 5. The summed E-state index contributed by atoms with van der Waals surface area (Å²) in [6.45, 7) is 0.398. The van der Waals surface area contributed by atoms with Gasteiger partial charge in [-0.15, -0.1) is 5.10 Å². The third-order valence-corrected chi connectivity index (χ3v) is 4.68. The summed E-state index contributed by atoms with van der Waals surface area (Å²) in [6, 6.07) is 8.29. The fourth-order valence-corrected chi connectivity index (χ4v) is 3.10. The number of methoxy groups -OCH3 is 1. The van der Waals surface area contributed by atoms with Gasteiger partial charge in [0, 0.05) is 28.5 Å². The molecule has 0 spiro atoms. The van der Waals surface area contributed by atoms with Gasteiger partial charge in [0.1, 0.15) is 18.0 Å². The maximum Gasteiger partial charge on any atom is 0.163 e. The van der Waals surface area contributed by atoms with Crippen molar-refractivity contribution in [3.63, 3.8) is 0 Å². The van der Waals surface area contributed by atoms with Crippen molar-refractivity contribution in [1.29, 1.82) is 0 Å². The molecular weight excluding hydrogens is 443 g/mol. The van der Waals surface area contributed by atoms with Crippen LogP contribution in [0.1, 0.15) is 5.69 Å². The number of hydrogen-bond donors (Lipinski definition) is 2. The lowest BCUT2D eigenvalue weighted by atomic mass is 10.2. The van der Waals surface area contributed by atoms with E-state index in [0.717, 1.165) is 5.69 Å². The van der Waals surface area contributed by atoms with Crippen LogP contribution < -0.4 is 14.8 Å². The van der Waals surface area contributed by atoms with Gasteiger partial charge in [-0.25, -0.2) is 14.4 Å². The number of anilines is 2. The van der Waals surface area contributed by atoms with E-state index in [1.165, 1.54) is 12.4 Å². The second kappa shape index (κ2) is 8.39. The quantitative estimate of drug-likeness (QED) is 0.431. The number of H-pyrrole nitrogens is 1. The fourth-order valence-electron chi connectivity index (χ4n) is 2.77. The Morgan fingerprint density at radius 2 is 2.07 bits per heavy atom. The average Bonchev–Trinajstić information content (AvgIpc) is 3.23. The van der Waals surface area contributed by atoms with E-state index in [2.05, 4.69) is 46.6 Å². The second-order valence-electron chi connectivity index (χ2n) is 6.05. The van der Waals surface area contributed by atoms with Gasteiger partial charge >= 0.3 is 0 Å². The lowest BCUT2D eigenvalue weighted by molar-refractivity contribution is 0.297. The number of halogens is 2. The van der Waals surface area contributed by atoms with Crippen LogP contribution in [0.2, 0.25) is 0 Å². The number of fused-ring (bicyclic) bond motifs is 1. The van der Waals surface area contributed by atoms with Crippen LogP contribution in [0.15, 0.2) is 47.3 Å². The van der Waals surface area contributed by atoms with Crippen LogP contribution >= 0.6 is 15.9 Å². The van der Waals surface area contributed by atoms with Crippen molar-refractivity contribution in [2.75, 3.05) is 19.0 Å². The number of benzene rings is 2. The molecule has 8 nitrogen and oxygen atoms in total. The molecule has 2 aromatic carbocycles. The maximum atomic E-state index is 14.2. The molecule has 0 fully saturated rings. The molecule has 2 N–H and O–H groups in total. The predicted molar refractivity (Wildman–Crippen MR) is 109 cm³/mol. The van der Waals surface area contributed by atoms with E-state index < -0.39 is 5.82 Å². The monoisotopic (exact) mass is 458 g/mol. The van der Waals surface area contributed by atoms with Gasteiger partial charge in [0.2, 0.25) is 0 Å². The van der Waals surface area contributed by atoms with E-state index in [-0.39, 0.29) is 0 Å². The van der Waals surface area contributed by atoms with Crippen LogP contribution in [0.3, 0.4) is 0 Å². The molecule has 4 rings (SSSR count). The molecule has 0 aliphatic rings. The van der Waals surface area contributed by atoms with Crippen LogP contribution in [0, 0.1) is 5.82 Å². The van der Waals surface area contributed by atoms with Crippen LogP contribution in [-0.2, 0) is 6.42 Å². The minimum atomic E-state index is -0.397. The van der Waals surface area contributed by atoms with Crippen molar-refractivity contribution in [3.05, 3.63) is 58.8 Å². The first-order valence-electron chi connectivity index (χ1n) is 8.67. The Bertz CT molecular complexity index is 1140. The summed E-state index contributed by atoms with van der Waals surface area (Å²) in [4.78, 5) is 8.55. The highest BCUT2D eigenvalue weighted by Crippen LogP contribution is 2.35. The molecule has 0 radical (unpaired) electrons. The Labute approximate surface area is 173 Å². The molecule has 0 atom stereocenters. The number of nitrogens with zero attached hydrogens (tertiary/aromatic N) is 4. The molecule has 4 aromatic rings. The van der Waals surface area contributed by atoms with Crippen LogP contribution in [0.25, 0.3) is 10.9 Å². The number of rotatable bonds is 7. The minimum Gasteiger partial charge on any atom is -0.493 e. The van der Waals surface area contributed by atoms with Crippen molar-refractivity contribution in [1.82, 2.24) is 25.4 Å². The maximum absolute atomic E-state index is 14.2. The third kappa shape index (κ3) is 4.27. The topological polar surface area (TPSA) is 97.8 Å². The molecule has 29 heavy (non-hydrogen) atoms. The summed E-state index contributed by atoms with van der Waals surface area (Å²) >= 11 is 3.25. The lowest BCUT2D eigenvalue weighted by Gasteiger charge is -2.14. The highest BCUT2D eigenvalue weighted by molar-refractivity contribution is 9.10. The minimum absolute atomic E-state index is 0.306. The molecule has 2 aromatic heterocycles. The number of hydrogen-bond acceptors (Lipinski definition) is 7. The summed E-state index contributed by atoms with van der Waals surface area (Å²) in [5, 5.41) is 13.9. The molecule has 0 unspecified atom stereocenters. The molecule has 0 aliphatic carbocycles. The molecule has 0 saturated carbocycles. The van der Waals surface area contributed by atoms with Crippen LogP contribution in [-0.4, -0.2) is 39.1 Å². The fraction of sp³-hybridized carbons (Fsp3) is 0.158. The first-order chi connectivity index (χ1) is 14.1. The Kier molecular flexibility index (Phi) is 5.52. The van der Waals surface area contributed by atoms with Crippen LogP contribution in [0.4, 0.5) is 15.9 Å². The number of ether oxygens (including phenoxy) is 2. The highest BCUT2D eigenvalue weighted by atomic mass is 79.9. The number of nitrogens with one attached hydrogen (secondary N) is 2. The van der Waals surface area contributed by atoms with Gasteiger partial charge in [-0.05, 0) is 24.3 Å². The third-order valence-electron chi connectivity index (χ3n) is 4.19. The molecule has 0 saturated heterocycles. The standard InChI is InChI=1S/C19H16BrFN6O2/c1-28-17-7-13-16(8-18(17)29-5-4-12-9-24-27-26-12)22-10-23-19(13)25-15-3-2-11(20)6-14(15)21/h2-3,6-10H,4-5H2,1H3,(H,22,23,25)(H,24,26,27). The molecule has 10 heteroatoms. The largest absolute Gasteiger partial charge is 0.493 e. The molecule has 0 aliphatic heterocycles. The zero-order chi connectivity index (χ0) is 20.2. The van der Waals surface area contributed by atoms with Gasteiger partial charge in [-0.2, -0.15) is 0 Å². The van der Waals surface area contributed by atoms with E-state index in [0.29, 0.717) is 51.4 Å². The summed E-state index contributed by atoms with van der Waals surface area (Å²) in [5.41, 5.74) is 1.74. The summed E-state index contributed by atoms with van der Waals surface area (Å²) in [5.74, 6) is 1.13. The van der Waals surface area contributed by atoms with Gasteiger partial charge in [0.05, 0.1) is 30.6 Å². The van der Waals surface area contributed by atoms with Crippen molar-refractivity contribution >= 4 is 38.3 Å².